The summed E-state index contributed by atoms with van der Waals surface area (Å²) in [6.07, 6.45) is 0. The van der Waals surface area contributed by atoms with Crippen LogP contribution in [0, 0.1) is 6.92 Å². The van der Waals surface area contributed by atoms with Crippen molar-refractivity contribution in [2.45, 2.75) is 26.3 Å². The molecule has 5 nitrogen and oxygen atoms in total. The fourth-order valence-corrected chi connectivity index (χ4v) is 1.34. The Bertz CT molecular complexity index is 403. The van der Waals surface area contributed by atoms with Crippen LogP contribution < -0.4 is 11.1 Å². The summed E-state index contributed by atoms with van der Waals surface area (Å²) in [7, 11) is 0. The zero-order valence-electron chi connectivity index (χ0n) is 9.83. The zero-order valence-corrected chi connectivity index (χ0v) is 9.83. The van der Waals surface area contributed by atoms with E-state index in [4.69, 9.17) is 5.73 Å². The van der Waals surface area contributed by atoms with Gasteiger partial charge in [0.1, 0.15) is 5.69 Å². The summed E-state index contributed by atoms with van der Waals surface area (Å²) in [5, 5.41) is 6.21. The fraction of sp³-hybridized carbons (Fsp3) is 0.600. The Morgan fingerprint density at radius 2 is 2.29 bits per heavy atom. The quantitative estimate of drug-likeness (QED) is 0.796. The maximum atomic E-state index is 12.9. The summed E-state index contributed by atoms with van der Waals surface area (Å²) in [6, 6.07) is 1.55. The highest BCUT2D eigenvalue weighted by Gasteiger charge is 2.28. The molecule has 7 heteroatoms. The highest BCUT2D eigenvalue weighted by molar-refractivity contribution is 5.92. The molecule has 0 radical (unpaired) electrons. The zero-order chi connectivity index (χ0) is 13.1. The van der Waals surface area contributed by atoms with Crippen molar-refractivity contribution in [1.29, 1.82) is 0 Å². The van der Waals surface area contributed by atoms with E-state index in [9.17, 15) is 13.6 Å². The fourth-order valence-electron chi connectivity index (χ4n) is 1.34. The van der Waals surface area contributed by atoms with E-state index in [0.29, 0.717) is 12.2 Å². The van der Waals surface area contributed by atoms with E-state index in [-0.39, 0.29) is 5.69 Å². The molecule has 0 bridgehead atoms. The molecule has 1 rings (SSSR count). The number of carbonyl (C=O) groups excluding carboxylic acids is 1. The molecule has 1 heterocycles. The average Bonchev–Trinajstić information content (AvgIpc) is 2.67. The summed E-state index contributed by atoms with van der Waals surface area (Å²) < 4.78 is 27.2. The van der Waals surface area contributed by atoms with E-state index in [2.05, 4.69) is 10.4 Å². The topological polar surface area (TPSA) is 72.9 Å². The largest absolute Gasteiger partial charge is 0.345 e. The van der Waals surface area contributed by atoms with E-state index < -0.39 is 24.9 Å². The Balaban J connectivity index is 2.70. The number of nitrogens with one attached hydrogen (secondary N) is 1. The Morgan fingerprint density at radius 1 is 1.65 bits per heavy atom. The van der Waals surface area contributed by atoms with Crippen LogP contribution in [0.5, 0.6) is 0 Å². The first-order chi connectivity index (χ1) is 7.89. The highest BCUT2D eigenvalue weighted by Crippen LogP contribution is 2.10. The molecule has 0 aromatic carbocycles. The van der Waals surface area contributed by atoms with Gasteiger partial charge in [-0.25, -0.2) is 8.78 Å². The Hall–Kier alpha value is -1.50. The first-order valence-electron chi connectivity index (χ1n) is 5.30. The van der Waals surface area contributed by atoms with Gasteiger partial charge in [-0.05, 0) is 19.9 Å². The highest BCUT2D eigenvalue weighted by atomic mass is 19.3. The van der Waals surface area contributed by atoms with E-state index in [0.717, 1.165) is 0 Å². The number of alkyl halides is 2. The van der Waals surface area contributed by atoms with Crippen LogP contribution in [0.2, 0.25) is 0 Å². The maximum Gasteiger partial charge on any atom is 0.277 e. The van der Waals surface area contributed by atoms with Gasteiger partial charge in [0.05, 0.1) is 18.8 Å². The molecule has 1 aromatic heterocycles. The molecular formula is C10H16F2N4O. The number of amides is 1. The van der Waals surface area contributed by atoms with E-state index in [1.165, 1.54) is 4.68 Å². The van der Waals surface area contributed by atoms with Crippen LogP contribution in [0.1, 0.15) is 23.1 Å². The Kier molecular flexibility index (Phi) is 4.17. The molecule has 0 saturated carbocycles. The van der Waals surface area contributed by atoms with E-state index in [1.54, 1.807) is 13.0 Å². The van der Waals surface area contributed by atoms with Crippen molar-refractivity contribution < 1.29 is 13.6 Å². The molecule has 0 saturated heterocycles. The van der Waals surface area contributed by atoms with Gasteiger partial charge in [0.2, 0.25) is 0 Å². The minimum atomic E-state index is -3.08. The number of nitrogens with zero attached hydrogens (tertiary/aromatic N) is 2. The number of hydrogen-bond acceptors (Lipinski definition) is 3. The van der Waals surface area contributed by atoms with Crippen molar-refractivity contribution in [3.05, 3.63) is 17.5 Å². The lowest BCUT2D eigenvalue weighted by Crippen LogP contribution is -2.42. The van der Waals surface area contributed by atoms with Crippen LogP contribution in [0.15, 0.2) is 6.07 Å². The molecule has 0 unspecified atom stereocenters. The molecule has 0 spiro atoms. The predicted octanol–water partition coefficient (Wildman–Crippen LogP) is 0.535. The molecule has 0 aliphatic heterocycles. The molecule has 0 atom stereocenters. The van der Waals surface area contributed by atoms with Gasteiger partial charge in [-0.2, -0.15) is 5.10 Å². The monoisotopic (exact) mass is 246 g/mol. The summed E-state index contributed by atoms with van der Waals surface area (Å²) in [5.74, 6) is -3.65. The van der Waals surface area contributed by atoms with Crippen molar-refractivity contribution in [1.82, 2.24) is 15.1 Å². The number of halogens is 2. The van der Waals surface area contributed by atoms with Gasteiger partial charge < -0.3 is 11.1 Å². The molecule has 0 aliphatic rings. The number of hydrogen-bond donors (Lipinski definition) is 2. The third-order valence-electron chi connectivity index (χ3n) is 2.24. The van der Waals surface area contributed by atoms with Crippen molar-refractivity contribution in [3.63, 3.8) is 0 Å². The van der Waals surface area contributed by atoms with Gasteiger partial charge in [-0.1, -0.05) is 0 Å². The molecule has 1 aromatic rings. The molecular weight excluding hydrogens is 230 g/mol. The third kappa shape index (κ3) is 3.48. The molecule has 3 N–H and O–H groups in total. The second-order valence-corrected chi connectivity index (χ2v) is 3.73. The number of rotatable bonds is 5. The molecule has 17 heavy (non-hydrogen) atoms. The van der Waals surface area contributed by atoms with Gasteiger partial charge in [-0.3, -0.25) is 9.48 Å². The van der Waals surface area contributed by atoms with Crippen LogP contribution in [-0.4, -0.2) is 34.7 Å². The normalized spacial score (nSPS) is 11.6. The summed E-state index contributed by atoms with van der Waals surface area (Å²) >= 11 is 0. The number of aromatic nitrogens is 2. The van der Waals surface area contributed by atoms with Crippen molar-refractivity contribution in [2.24, 2.45) is 5.73 Å². The molecule has 1 amide bonds. The van der Waals surface area contributed by atoms with Gasteiger partial charge in [-0.15, -0.1) is 0 Å². The minimum Gasteiger partial charge on any atom is -0.345 e. The van der Waals surface area contributed by atoms with Gasteiger partial charge in [0.25, 0.3) is 11.8 Å². The van der Waals surface area contributed by atoms with Crippen LogP contribution in [0.25, 0.3) is 0 Å². The Morgan fingerprint density at radius 3 is 2.82 bits per heavy atom. The van der Waals surface area contributed by atoms with Gasteiger partial charge >= 0.3 is 0 Å². The predicted molar refractivity (Wildman–Crippen MR) is 59.0 cm³/mol. The number of carbonyl (C=O) groups is 1. The van der Waals surface area contributed by atoms with Crippen LogP contribution in [0.4, 0.5) is 8.78 Å². The lowest BCUT2D eigenvalue weighted by molar-refractivity contribution is 0.0117. The summed E-state index contributed by atoms with van der Waals surface area (Å²) in [4.78, 5) is 11.7. The first kappa shape index (κ1) is 13.6. The second-order valence-electron chi connectivity index (χ2n) is 3.73. The van der Waals surface area contributed by atoms with Crippen LogP contribution in [-0.2, 0) is 6.54 Å². The van der Waals surface area contributed by atoms with Crippen LogP contribution in [0.3, 0.4) is 0 Å². The first-order valence-corrected chi connectivity index (χ1v) is 5.30. The summed E-state index contributed by atoms with van der Waals surface area (Å²) in [5.41, 5.74) is 5.82. The molecule has 96 valence electrons. The molecule has 0 fully saturated rings. The smallest absolute Gasteiger partial charge is 0.277 e. The van der Waals surface area contributed by atoms with Crippen molar-refractivity contribution in [2.75, 3.05) is 13.1 Å². The molecule has 0 aliphatic carbocycles. The third-order valence-corrected chi connectivity index (χ3v) is 2.24. The number of aryl methyl sites for hydroxylation is 2. The van der Waals surface area contributed by atoms with E-state index >= 15 is 0 Å². The summed E-state index contributed by atoms with van der Waals surface area (Å²) in [6.45, 7) is 2.49. The van der Waals surface area contributed by atoms with Gasteiger partial charge in [0, 0.05) is 6.54 Å². The SMILES string of the molecule is CCn1nc(C)cc1C(=O)NCC(F)(F)CN. The standard InChI is InChI=1S/C10H16F2N4O/c1-3-16-8(4-7(2)15-16)9(17)14-6-10(11,12)5-13/h4H,3,5-6,13H2,1-2H3,(H,14,17). The average molecular weight is 246 g/mol. The lowest BCUT2D eigenvalue weighted by Gasteiger charge is -2.14. The minimum absolute atomic E-state index is 0.276. The van der Waals surface area contributed by atoms with Crippen LogP contribution >= 0.6 is 0 Å². The number of nitrogens with two attached hydrogens (primary N) is 1. The second kappa shape index (κ2) is 5.22. The lowest BCUT2D eigenvalue weighted by atomic mass is 10.3. The van der Waals surface area contributed by atoms with Crippen molar-refractivity contribution in [3.8, 4) is 0 Å². The van der Waals surface area contributed by atoms with E-state index in [1.807, 2.05) is 6.92 Å². The van der Waals surface area contributed by atoms with Gasteiger partial charge in [0.15, 0.2) is 0 Å². The maximum absolute atomic E-state index is 12.9. The van der Waals surface area contributed by atoms with Crippen molar-refractivity contribution >= 4 is 5.91 Å². The Labute approximate surface area is 98.0 Å².